The average molecular weight is 388 g/mol. The summed E-state index contributed by atoms with van der Waals surface area (Å²) in [5.74, 6) is -0.0525. The molecular weight excluding hydrogens is 368 g/mol. The number of benzene rings is 3. The molecule has 0 unspecified atom stereocenters. The van der Waals surface area contributed by atoms with Crippen molar-refractivity contribution in [3.05, 3.63) is 89.5 Å². The topological polar surface area (TPSA) is 91.6 Å². The number of carboxylic acids is 1. The van der Waals surface area contributed by atoms with Gasteiger partial charge in [0.25, 0.3) is 0 Å². The minimum atomic E-state index is -1.03. The first kappa shape index (κ1) is 19.8. The van der Waals surface area contributed by atoms with Crippen LogP contribution in [0.3, 0.4) is 0 Å². The molecule has 0 heterocycles. The molecule has 29 heavy (non-hydrogen) atoms. The van der Waals surface area contributed by atoms with E-state index >= 15 is 0 Å². The number of aliphatic carboxylic acids is 1. The van der Waals surface area contributed by atoms with Gasteiger partial charge in [0.2, 0.25) is 0 Å². The second-order valence-corrected chi connectivity index (χ2v) is 6.29. The zero-order valence-corrected chi connectivity index (χ0v) is 15.8. The van der Waals surface area contributed by atoms with Crippen LogP contribution < -0.4 is 14.8 Å². The molecule has 146 valence electrons. The van der Waals surface area contributed by atoms with Gasteiger partial charge in [0.05, 0.1) is 18.7 Å². The fraction of sp³-hybridized carbons (Fsp3) is 0.130. The van der Waals surface area contributed by atoms with E-state index in [2.05, 4.69) is 5.32 Å². The minimum absolute atomic E-state index is 0.377. The van der Waals surface area contributed by atoms with Gasteiger partial charge in [-0.2, -0.15) is 5.26 Å². The number of ether oxygens (including phenoxy) is 2. The maximum Gasteiger partial charge on any atom is 0.330 e. The molecule has 3 aromatic rings. The van der Waals surface area contributed by atoms with Crippen LogP contribution in [-0.2, 0) is 11.4 Å². The van der Waals surface area contributed by atoms with Gasteiger partial charge in [0.15, 0.2) is 17.5 Å². The number of hydrogen-bond acceptors (Lipinski definition) is 5. The Balaban J connectivity index is 1.79. The normalized spacial score (nSPS) is 11.2. The summed E-state index contributed by atoms with van der Waals surface area (Å²) in [7, 11) is 1.51. The van der Waals surface area contributed by atoms with Crippen molar-refractivity contribution < 1.29 is 19.4 Å². The molecule has 1 atom stereocenters. The summed E-state index contributed by atoms with van der Waals surface area (Å²) >= 11 is 0. The Kier molecular flexibility index (Phi) is 6.33. The predicted octanol–water partition coefficient (Wildman–Crippen LogP) is 4.38. The second kappa shape index (κ2) is 9.29. The maximum absolute atomic E-state index is 11.8. The number of nitriles is 1. The molecule has 6 heteroatoms. The van der Waals surface area contributed by atoms with Gasteiger partial charge in [-0.3, -0.25) is 0 Å². The molecule has 0 saturated heterocycles. The lowest BCUT2D eigenvalue weighted by atomic mass is 10.1. The molecule has 0 aromatic heterocycles. The Labute approximate surface area is 168 Å². The maximum atomic E-state index is 11.8. The van der Waals surface area contributed by atoms with Crippen LogP contribution in [0.4, 0.5) is 5.69 Å². The van der Waals surface area contributed by atoms with Crippen molar-refractivity contribution in [3.63, 3.8) is 0 Å². The molecule has 3 rings (SSSR count). The van der Waals surface area contributed by atoms with Gasteiger partial charge < -0.3 is 19.9 Å². The predicted molar refractivity (Wildman–Crippen MR) is 109 cm³/mol. The van der Waals surface area contributed by atoms with Crippen LogP contribution in [-0.4, -0.2) is 18.2 Å². The highest BCUT2D eigenvalue weighted by atomic mass is 16.5. The van der Waals surface area contributed by atoms with Crippen molar-refractivity contribution in [2.24, 2.45) is 0 Å². The van der Waals surface area contributed by atoms with E-state index in [1.54, 1.807) is 42.5 Å². The van der Waals surface area contributed by atoms with Crippen molar-refractivity contribution in [1.29, 1.82) is 5.26 Å². The van der Waals surface area contributed by atoms with Crippen LogP contribution in [0, 0.1) is 11.3 Å². The highest BCUT2D eigenvalue weighted by Crippen LogP contribution is 2.32. The Bertz CT molecular complexity index is 1010. The van der Waals surface area contributed by atoms with E-state index in [1.165, 1.54) is 7.11 Å². The highest BCUT2D eigenvalue weighted by Gasteiger charge is 2.21. The first-order valence-corrected chi connectivity index (χ1v) is 8.95. The number of carboxylic acid groups (broad SMARTS) is 1. The summed E-state index contributed by atoms with van der Waals surface area (Å²) < 4.78 is 11.2. The summed E-state index contributed by atoms with van der Waals surface area (Å²) in [6, 6.07) is 22.4. The summed E-state index contributed by atoms with van der Waals surface area (Å²) in [6.07, 6.45) is 0. The molecule has 2 N–H and O–H groups in total. The third-order valence-corrected chi connectivity index (χ3v) is 4.33. The molecule has 0 saturated carbocycles. The third kappa shape index (κ3) is 5.05. The molecule has 0 fully saturated rings. The van der Waals surface area contributed by atoms with E-state index in [4.69, 9.17) is 14.7 Å². The summed E-state index contributed by atoms with van der Waals surface area (Å²) in [6.45, 7) is 0.377. The Morgan fingerprint density at radius 1 is 1.07 bits per heavy atom. The zero-order valence-electron chi connectivity index (χ0n) is 15.8. The number of hydrogen-bond donors (Lipinski definition) is 2. The monoisotopic (exact) mass is 388 g/mol. The van der Waals surface area contributed by atoms with Crippen LogP contribution in [0.25, 0.3) is 0 Å². The Hall–Kier alpha value is -3.98. The van der Waals surface area contributed by atoms with Gasteiger partial charge in [0.1, 0.15) is 6.61 Å². The first-order valence-electron chi connectivity index (χ1n) is 8.95. The summed E-state index contributed by atoms with van der Waals surface area (Å²) in [5, 5.41) is 21.5. The van der Waals surface area contributed by atoms with E-state index in [0.717, 1.165) is 5.56 Å². The van der Waals surface area contributed by atoms with Gasteiger partial charge in [-0.15, -0.1) is 0 Å². The van der Waals surface area contributed by atoms with Crippen molar-refractivity contribution in [1.82, 2.24) is 0 Å². The fourth-order valence-corrected chi connectivity index (χ4v) is 2.81. The lowest BCUT2D eigenvalue weighted by molar-refractivity contribution is -0.138. The van der Waals surface area contributed by atoms with E-state index in [9.17, 15) is 9.90 Å². The van der Waals surface area contributed by atoms with Crippen LogP contribution in [0.15, 0.2) is 72.8 Å². The molecule has 0 radical (unpaired) electrons. The molecule has 0 bridgehead atoms. The van der Waals surface area contributed by atoms with Gasteiger partial charge in [-0.05, 0) is 47.5 Å². The largest absolute Gasteiger partial charge is 0.493 e. The lowest BCUT2D eigenvalue weighted by Crippen LogP contribution is -2.20. The molecule has 0 spiro atoms. The van der Waals surface area contributed by atoms with Crippen molar-refractivity contribution >= 4 is 11.7 Å². The number of methoxy groups -OCH3 is 1. The SMILES string of the molecule is COc1cc([C@H](Nc2ccc(C#N)cc2)C(=O)O)ccc1OCc1ccccc1. The van der Waals surface area contributed by atoms with E-state index in [0.29, 0.717) is 34.9 Å². The Morgan fingerprint density at radius 2 is 1.79 bits per heavy atom. The number of nitrogens with one attached hydrogen (secondary N) is 1. The van der Waals surface area contributed by atoms with Crippen LogP contribution in [0.2, 0.25) is 0 Å². The van der Waals surface area contributed by atoms with Gasteiger partial charge >= 0.3 is 5.97 Å². The molecule has 0 amide bonds. The van der Waals surface area contributed by atoms with Crippen LogP contribution in [0.5, 0.6) is 11.5 Å². The van der Waals surface area contributed by atoms with Crippen LogP contribution >= 0.6 is 0 Å². The third-order valence-electron chi connectivity index (χ3n) is 4.33. The second-order valence-electron chi connectivity index (χ2n) is 6.29. The van der Waals surface area contributed by atoms with E-state index in [1.807, 2.05) is 36.4 Å². The highest BCUT2D eigenvalue weighted by molar-refractivity contribution is 5.79. The smallest absolute Gasteiger partial charge is 0.330 e. The quantitative estimate of drug-likeness (QED) is 0.595. The van der Waals surface area contributed by atoms with Gasteiger partial charge in [0, 0.05) is 5.69 Å². The molecule has 0 aliphatic heterocycles. The molecule has 0 aliphatic carbocycles. The Morgan fingerprint density at radius 3 is 2.41 bits per heavy atom. The number of rotatable bonds is 8. The standard InChI is InChI=1S/C23H20N2O4/c1-28-21-13-18(9-12-20(21)29-15-17-5-3-2-4-6-17)22(23(26)27)25-19-10-7-16(14-24)8-11-19/h2-13,22,25H,15H2,1H3,(H,26,27)/t22-/m0/s1. The zero-order chi connectivity index (χ0) is 20.6. The molecule has 3 aromatic carbocycles. The van der Waals surface area contributed by atoms with Crippen LogP contribution in [0.1, 0.15) is 22.7 Å². The van der Waals surface area contributed by atoms with Gasteiger partial charge in [-0.1, -0.05) is 36.4 Å². The minimum Gasteiger partial charge on any atom is -0.493 e. The number of anilines is 1. The van der Waals surface area contributed by atoms with E-state index in [-0.39, 0.29) is 0 Å². The number of carbonyl (C=O) groups is 1. The summed E-state index contributed by atoms with van der Waals surface area (Å²) in [4.78, 5) is 11.8. The molecule has 6 nitrogen and oxygen atoms in total. The fourth-order valence-electron chi connectivity index (χ4n) is 2.81. The van der Waals surface area contributed by atoms with Crippen molar-refractivity contribution in [2.45, 2.75) is 12.6 Å². The molecular formula is C23H20N2O4. The number of nitrogens with zero attached hydrogens (tertiary/aromatic N) is 1. The average Bonchev–Trinajstić information content (AvgIpc) is 2.77. The van der Waals surface area contributed by atoms with Crippen molar-refractivity contribution in [3.8, 4) is 17.6 Å². The first-order chi connectivity index (χ1) is 14.1. The van der Waals surface area contributed by atoms with E-state index < -0.39 is 12.0 Å². The summed E-state index contributed by atoms with van der Waals surface area (Å²) in [5.41, 5.74) is 2.64. The van der Waals surface area contributed by atoms with Crippen molar-refractivity contribution in [2.75, 3.05) is 12.4 Å². The molecule has 0 aliphatic rings. The van der Waals surface area contributed by atoms with Gasteiger partial charge in [-0.25, -0.2) is 4.79 Å². The lowest BCUT2D eigenvalue weighted by Gasteiger charge is -2.18.